The van der Waals surface area contributed by atoms with Crippen LogP contribution in [-0.2, 0) is 0 Å². The lowest BCUT2D eigenvalue weighted by Crippen LogP contribution is -2.37. The van der Waals surface area contributed by atoms with Gasteiger partial charge in [0.2, 0.25) is 0 Å². The highest BCUT2D eigenvalue weighted by atomic mass is 16.3. The van der Waals surface area contributed by atoms with Crippen molar-refractivity contribution < 1.29 is 5.11 Å². The summed E-state index contributed by atoms with van der Waals surface area (Å²) in [6, 6.07) is 0. The largest absolute Gasteiger partial charge is 0.396 e. The van der Waals surface area contributed by atoms with E-state index in [9.17, 15) is 5.11 Å². The van der Waals surface area contributed by atoms with Crippen LogP contribution in [0.2, 0.25) is 0 Å². The summed E-state index contributed by atoms with van der Waals surface area (Å²) in [5, 5.41) is 9.52. The maximum atomic E-state index is 9.52. The average molecular weight is 194 g/mol. The van der Waals surface area contributed by atoms with Gasteiger partial charge in [0.15, 0.2) is 0 Å². The number of hydrogen-bond donors (Lipinski definition) is 1. The second-order valence-corrected chi connectivity index (χ2v) is 5.59. The summed E-state index contributed by atoms with van der Waals surface area (Å²) in [6.45, 7) is 4.95. The molecule has 1 fully saturated rings. The van der Waals surface area contributed by atoms with Gasteiger partial charge >= 0.3 is 0 Å². The maximum absolute atomic E-state index is 9.52. The zero-order chi connectivity index (χ0) is 10.2. The fraction of sp³-hybridized carbons (Fsp3) is 0.846. The Morgan fingerprint density at radius 2 is 2.21 bits per heavy atom. The van der Waals surface area contributed by atoms with Crippen molar-refractivity contribution in [2.45, 2.75) is 46.0 Å². The number of fused-ring (bicyclic) bond motifs is 1. The first-order valence-electron chi connectivity index (χ1n) is 5.96. The summed E-state index contributed by atoms with van der Waals surface area (Å²) in [4.78, 5) is 0. The Kier molecular flexibility index (Phi) is 2.70. The summed E-state index contributed by atoms with van der Waals surface area (Å²) in [6.07, 6.45) is 8.98. The van der Waals surface area contributed by atoms with Crippen molar-refractivity contribution in [3.8, 4) is 0 Å². The third kappa shape index (κ3) is 1.63. The van der Waals surface area contributed by atoms with Crippen LogP contribution in [0.4, 0.5) is 0 Å². The van der Waals surface area contributed by atoms with Gasteiger partial charge < -0.3 is 5.11 Å². The molecule has 2 aliphatic carbocycles. The van der Waals surface area contributed by atoms with Crippen molar-refractivity contribution in [2.75, 3.05) is 6.61 Å². The molecule has 0 saturated heterocycles. The van der Waals surface area contributed by atoms with Gasteiger partial charge in [0, 0.05) is 5.92 Å². The number of hydrogen-bond acceptors (Lipinski definition) is 1. The molecule has 2 aliphatic rings. The van der Waals surface area contributed by atoms with Crippen LogP contribution in [0.1, 0.15) is 46.0 Å². The van der Waals surface area contributed by atoms with Crippen molar-refractivity contribution in [1.29, 1.82) is 0 Å². The van der Waals surface area contributed by atoms with Crippen LogP contribution in [0.3, 0.4) is 0 Å². The molecule has 2 atom stereocenters. The third-order valence-electron chi connectivity index (χ3n) is 4.27. The zero-order valence-electron chi connectivity index (χ0n) is 9.42. The van der Waals surface area contributed by atoms with E-state index in [4.69, 9.17) is 0 Å². The van der Waals surface area contributed by atoms with E-state index in [2.05, 4.69) is 19.9 Å². The molecule has 2 rings (SSSR count). The highest BCUT2D eigenvalue weighted by molar-refractivity contribution is 5.19. The van der Waals surface area contributed by atoms with Crippen LogP contribution in [-0.4, -0.2) is 11.7 Å². The second-order valence-electron chi connectivity index (χ2n) is 5.59. The van der Waals surface area contributed by atoms with Crippen LogP contribution >= 0.6 is 0 Å². The molecule has 0 spiro atoms. The van der Waals surface area contributed by atoms with Gasteiger partial charge in [-0.2, -0.15) is 0 Å². The molecule has 14 heavy (non-hydrogen) atoms. The molecule has 0 radical (unpaired) electrons. The Morgan fingerprint density at radius 1 is 1.43 bits per heavy atom. The van der Waals surface area contributed by atoms with Crippen LogP contribution in [0.15, 0.2) is 11.6 Å². The molecule has 0 unspecified atom stereocenters. The number of aliphatic hydroxyl groups excluding tert-OH is 1. The second kappa shape index (κ2) is 3.69. The van der Waals surface area contributed by atoms with Gasteiger partial charge in [-0.25, -0.2) is 0 Å². The summed E-state index contributed by atoms with van der Waals surface area (Å²) < 4.78 is 0. The molecule has 0 aromatic carbocycles. The van der Waals surface area contributed by atoms with Gasteiger partial charge in [-0.15, -0.1) is 0 Å². The van der Waals surface area contributed by atoms with E-state index in [1.54, 1.807) is 5.57 Å². The summed E-state index contributed by atoms with van der Waals surface area (Å²) in [7, 11) is 0. The first-order chi connectivity index (χ1) is 6.65. The summed E-state index contributed by atoms with van der Waals surface area (Å²) in [5.41, 5.74) is 1.89. The minimum absolute atomic E-state index is 0.314. The Hall–Kier alpha value is -0.300. The first-order valence-corrected chi connectivity index (χ1v) is 5.96. The van der Waals surface area contributed by atoms with E-state index in [0.717, 1.165) is 5.92 Å². The van der Waals surface area contributed by atoms with Gasteiger partial charge in [0.25, 0.3) is 0 Å². The van der Waals surface area contributed by atoms with E-state index >= 15 is 0 Å². The van der Waals surface area contributed by atoms with Crippen LogP contribution in [0.5, 0.6) is 0 Å². The molecule has 80 valence electrons. The molecule has 0 bridgehead atoms. The van der Waals surface area contributed by atoms with Crippen molar-refractivity contribution in [3.63, 3.8) is 0 Å². The summed E-state index contributed by atoms with van der Waals surface area (Å²) in [5.74, 6) is 1.23. The third-order valence-corrected chi connectivity index (χ3v) is 4.27. The van der Waals surface area contributed by atoms with E-state index in [1.807, 2.05) is 0 Å². The van der Waals surface area contributed by atoms with Crippen molar-refractivity contribution >= 4 is 0 Å². The lowest BCUT2D eigenvalue weighted by atomic mass is 9.61. The monoisotopic (exact) mass is 194 g/mol. The van der Waals surface area contributed by atoms with Crippen LogP contribution in [0.25, 0.3) is 0 Å². The van der Waals surface area contributed by atoms with Gasteiger partial charge in [0.1, 0.15) is 0 Å². The number of rotatable bonds is 1. The van der Waals surface area contributed by atoms with Crippen LogP contribution in [0, 0.1) is 17.3 Å². The minimum atomic E-state index is 0.314. The zero-order valence-corrected chi connectivity index (χ0v) is 9.42. The molecular weight excluding hydrogens is 172 g/mol. The Balaban J connectivity index is 2.25. The predicted octanol–water partition coefficient (Wildman–Crippen LogP) is 3.14. The van der Waals surface area contributed by atoms with E-state index in [1.165, 1.54) is 32.1 Å². The Labute approximate surface area is 87.2 Å². The predicted molar refractivity (Wildman–Crippen MR) is 59.0 cm³/mol. The molecule has 1 N–H and O–H groups in total. The lowest BCUT2D eigenvalue weighted by molar-refractivity contribution is 0.0905. The summed E-state index contributed by atoms with van der Waals surface area (Å²) >= 11 is 0. The van der Waals surface area contributed by atoms with Crippen molar-refractivity contribution in [1.82, 2.24) is 0 Å². The van der Waals surface area contributed by atoms with Crippen LogP contribution < -0.4 is 0 Å². The highest BCUT2D eigenvalue weighted by Crippen LogP contribution is 2.49. The number of allylic oxidation sites excluding steroid dienone is 1. The van der Waals surface area contributed by atoms with Crippen molar-refractivity contribution in [2.24, 2.45) is 17.3 Å². The first kappa shape index (κ1) is 10.2. The van der Waals surface area contributed by atoms with Gasteiger partial charge in [-0.1, -0.05) is 25.5 Å². The Morgan fingerprint density at radius 3 is 2.93 bits per heavy atom. The SMILES string of the molecule is CC1(C)CC[C@@H]2CCCC=C2[C@H]1CO. The van der Waals surface area contributed by atoms with Gasteiger partial charge in [-0.3, -0.25) is 0 Å². The molecule has 0 heterocycles. The number of aliphatic hydroxyl groups is 1. The van der Waals surface area contributed by atoms with Crippen molar-refractivity contribution in [3.05, 3.63) is 11.6 Å². The molecular formula is C13H22O. The topological polar surface area (TPSA) is 20.2 Å². The highest BCUT2D eigenvalue weighted by Gasteiger charge is 2.39. The normalized spacial score (nSPS) is 36.1. The molecule has 1 saturated carbocycles. The molecule has 0 aliphatic heterocycles. The van der Waals surface area contributed by atoms with Gasteiger partial charge in [0.05, 0.1) is 6.61 Å². The quantitative estimate of drug-likeness (QED) is 0.636. The minimum Gasteiger partial charge on any atom is -0.396 e. The average Bonchev–Trinajstić information content (AvgIpc) is 2.17. The standard InChI is InChI=1S/C13H22O/c1-13(2)8-7-10-5-3-4-6-11(10)12(13)9-14/h6,10,12,14H,3-5,7-9H2,1-2H3/t10-,12+/m0/s1. The maximum Gasteiger partial charge on any atom is 0.0501 e. The van der Waals surface area contributed by atoms with E-state index in [0.29, 0.717) is 17.9 Å². The molecule has 0 amide bonds. The molecule has 1 nitrogen and oxygen atoms in total. The lowest BCUT2D eigenvalue weighted by Gasteiger charge is -2.45. The van der Waals surface area contributed by atoms with E-state index in [-0.39, 0.29) is 0 Å². The Bertz CT molecular complexity index is 240. The fourth-order valence-electron chi connectivity index (χ4n) is 3.23. The van der Waals surface area contributed by atoms with Gasteiger partial charge in [-0.05, 0) is 43.4 Å². The smallest absolute Gasteiger partial charge is 0.0501 e. The van der Waals surface area contributed by atoms with E-state index < -0.39 is 0 Å². The molecule has 0 aromatic rings. The molecule has 0 aromatic heterocycles. The molecule has 1 heteroatoms. The fourth-order valence-corrected chi connectivity index (χ4v) is 3.23.